The normalized spacial score (nSPS) is 40.2. The van der Waals surface area contributed by atoms with Gasteiger partial charge in [0.05, 0.1) is 5.52 Å². The zero-order valence-corrected chi connectivity index (χ0v) is 18.3. The molecule has 0 amide bonds. The molecule has 1 aromatic heterocycles. The molecule has 0 N–H and O–H groups in total. The molecule has 0 spiro atoms. The summed E-state index contributed by atoms with van der Waals surface area (Å²) in [4.78, 5) is 12.6. The van der Waals surface area contributed by atoms with E-state index in [2.05, 4.69) is 67.1 Å². The van der Waals surface area contributed by atoms with E-state index in [9.17, 15) is 4.79 Å². The molecule has 2 aromatic rings. The van der Waals surface area contributed by atoms with Gasteiger partial charge in [-0.05, 0) is 86.1 Å². The van der Waals surface area contributed by atoms with Crippen molar-refractivity contribution in [2.24, 2.45) is 34.5 Å². The number of aldehydes is 1. The van der Waals surface area contributed by atoms with Crippen LogP contribution in [0.25, 0.3) is 16.6 Å². The van der Waals surface area contributed by atoms with Gasteiger partial charge in [0.15, 0.2) is 0 Å². The minimum absolute atomic E-state index is 0.153. The molecule has 2 fully saturated rings. The molecule has 4 aliphatic rings. The zero-order chi connectivity index (χ0) is 20.5. The lowest BCUT2D eigenvalue weighted by atomic mass is 9.47. The van der Waals surface area contributed by atoms with Crippen LogP contribution < -0.4 is 0 Å². The van der Waals surface area contributed by atoms with Crippen molar-refractivity contribution in [3.63, 3.8) is 0 Å². The predicted octanol–water partition coefficient (Wildman–Crippen LogP) is 6.87. The van der Waals surface area contributed by atoms with E-state index in [1.807, 2.05) is 0 Å². The van der Waals surface area contributed by atoms with Gasteiger partial charge < -0.3 is 9.36 Å². The first-order chi connectivity index (χ1) is 14.6. The lowest BCUT2D eigenvalue weighted by Crippen LogP contribution is -2.51. The van der Waals surface area contributed by atoms with Crippen LogP contribution in [0.5, 0.6) is 0 Å². The number of hydrogen-bond acceptors (Lipinski definition) is 1. The smallest absolute Gasteiger partial charge is 0.130 e. The van der Waals surface area contributed by atoms with Gasteiger partial charge in [-0.15, -0.1) is 0 Å². The van der Waals surface area contributed by atoms with E-state index < -0.39 is 0 Å². The van der Waals surface area contributed by atoms with Gasteiger partial charge in [0, 0.05) is 22.7 Å². The Morgan fingerprint density at radius 2 is 1.90 bits per heavy atom. The summed E-state index contributed by atoms with van der Waals surface area (Å²) >= 11 is 0. The van der Waals surface area contributed by atoms with Crippen LogP contribution in [-0.2, 0) is 4.79 Å². The number of allylic oxidation sites excluding steroid dienone is 4. The van der Waals surface area contributed by atoms with Gasteiger partial charge in [-0.3, -0.25) is 0 Å². The number of carbonyl (C=O) groups is 1. The van der Waals surface area contributed by atoms with Crippen molar-refractivity contribution in [1.29, 1.82) is 0 Å². The van der Waals surface area contributed by atoms with E-state index in [1.54, 1.807) is 0 Å². The van der Waals surface area contributed by atoms with Gasteiger partial charge in [0.2, 0.25) is 0 Å². The quantitative estimate of drug-likeness (QED) is 0.399. The fraction of sp³-hybridized carbons (Fsp3) is 0.536. The minimum Gasteiger partial charge on any atom is -0.320 e. The number of aromatic nitrogens is 1. The Balaban J connectivity index is 1.38. The van der Waals surface area contributed by atoms with Crippen LogP contribution in [0.4, 0.5) is 0 Å². The van der Waals surface area contributed by atoms with Crippen LogP contribution in [-0.4, -0.2) is 10.9 Å². The lowest BCUT2D eigenvalue weighted by molar-refractivity contribution is -0.124. The van der Waals surface area contributed by atoms with Crippen molar-refractivity contribution in [3.05, 3.63) is 54.3 Å². The maximum Gasteiger partial charge on any atom is 0.130 e. The Hall–Kier alpha value is -2.09. The highest BCUT2D eigenvalue weighted by Gasteiger charge is 2.58. The number of para-hydroxylation sites is 1. The number of carbonyl (C=O) groups excluding carboxylic acids is 1. The molecule has 0 saturated heterocycles. The maximum atomic E-state index is 12.6. The van der Waals surface area contributed by atoms with Crippen molar-refractivity contribution in [2.45, 2.75) is 58.8 Å². The second kappa shape index (κ2) is 6.45. The summed E-state index contributed by atoms with van der Waals surface area (Å²) in [6.45, 7) is 4.87. The van der Waals surface area contributed by atoms with Crippen LogP contribution in [0.3, 0.4) is 0 Å². The first kappa shape index (κ1) is 18.7. The van der Waals surface area contributed by atoms with Crippen LogP contribution in [0.15, 0.2) is 54.3 Å². The summed E-state index contributed by atoms with van der Waals surface area (Å²) in [6.07, 6.45) is 16.8. The third-order valence-corrected chi connectivity index (χ3v) is 9.56. The molecule has 2 heteroatoms. The highest BCUT2D eigenvalue weighted by atomic mass is 16.1. The van der Waals surface area contributed by atoms with E-state index in [-0.39, 0.29) is 10.8 Å². The molecule has 0 aliphatic heterocycles. The molecule has 30 heavy (non-hydrogen) atoms. The molecular formula is C28H33NO. The molecule has 2 saturated carbocycles. The second-order valence-electron chi connectivity index (χ2n) is 10.9. The molecule has 1 heterocycles. The molecule has 156 valence electrons. The summed E-state index contributed by atoms with van der Waals surface area (Å²) in [5, 5.41) is 1.32. The van der Waals surface area contributed by atoms with Crippen molar-refractivity contribution < 1.29 is 4.79 Å². The Morgan fingerprint density at radius 3 is 2.77 bits per heavy atom. The highest BCUT2D eigenvalue weighted by molar-refractivity contribution is 5.84. The molecule has 1 aromatic carbocycles. The largest absolute Gasteiger partial charge is 0.320 e. The van der Waals surface area contributed by atoms with E-state index >= 15 is 0 Å². The van der Waals surface area contributed by atoms with Crippen LogP contribution in [0.1, 0.15) is 58.8 Å². The van der Waals surface area contributed by atoms with Crippen LogP contribution in [0.2, 0.25) is 0 Å². The van der Waals surface area contributed by atoms with Gasteiger partial charge in [-0.1, -0.05) is 49.8 Å². The first-order valence-electron chi connectivity index (χ1n) is 12.0. The molecule has 4 aliphatic carbocycles. The standard InChI is InChI=1S/C28H33NO/c1-19-11-15-28(18-30)21(17-19)7-8-22-23-9-10-26(27(23,2)14-12-24(22)28)29-16-13-20-5-3-4-6-25(20)29/h3-7,10,13,16,18-19,22-24H,8-9,11-12,14-15,17H2,1-2H3/t19-,22?,23?,24?,27-,28+/m0/s1. The summed E-state index contributed by atoms with van der Waals surface area (Å²) in [7, 11) is 0. The SMILES string of the molecule is C[C@H]1CC[C@@]2(C=O)C(=CCC3C2CC[C@]2(C)C(n4ccc5ccccc54)=CCC32)C1. The molecule has 3 unspecified atom stereocenters. The summed E-state index contributed by atoms with van der Waals surface area (Å²) in [5.41, 5.74) is 4.37. The molecule has 6 rings (SSSR count). The number of benzene rings is 1. The molecule has 2 nitrogen and oxygen atoms in total. The van der Waals surface area contributed by atoms with Crippen molar-refractivity contribution in [2.75, 3.05) is 0 Å². The van der Waals surface area contributed by atoms with E-state index in [0.717, 1.165) is 25.2 Å². The number of fused-ring (bicyclic) bond motifs is 6. The van der Waals surface area contributed by atoms with Crippen molar-refractivity contribution in [3.8, 4) is 0 Å². The fourth-order valence-corrected chi connectivity index (χ4v) is 7.98. The van der Waals surface area contributed by atoms with Crippen molar-refractivity contribution in [1.82, 2.24) is 4.57 Å². The zero-order valence-electron chi connectivity index (χ0n) is 18.3. The topological polar surface area (TPSA) is 22.0 Å². The van der Waals surface area contributed by atoms with E-state index in [4.69, 9.17) is 0 Å². The average molecular weight is 400 g/mol. The van der Waals surface area contributed by atoms with Crippen molar-refractivity contribution >= 4 is 22.9 Å². The fourth-order valence-electron chi connectivity index (χ4n) is 7.98. The number of rotatable bonds is 2. The minimum atomic E-state index is -0.153. The monoisotopic (exact) mass is 399 g/mol. The summed E-state index contributed by atoms with van der Waals surface area (Å²) in [5.74, 6) is 2.58. The number of nitrogens with zero attached hydrogens (tertiary/aromatic N) is 1. The number of hydrogen-bond donors (Lipinski definition) is 0. The predicted molar refractivity (Wildman–Crippen MR) is 123 cm³/mol. The Morgan fingerprint density at radius 1 is 1.03 bits per heavy atom. The highest BCUT2D eigenvalue weighted by Crippen LogP contribution is 2.65. The van der Waals surface area contributed by atoms with Gasteiger partial charge in [0.1, 0.15) is 6.29 Å². The Bertz CT molecular complexity index is 1070. The average Bonchev–Trinajstić information content (AvgIpc) is 3.33. The molecular weight excluding hydrogens is 366 g/mol. The summed E-state index contributed by atoms with van der Waals surface area (Å²) in [6, 6.07) is 11.0. The van der Waals surface area contributed by atoms with E-state index in [0.29, 0.717) is 17.8 Å². The molecule has 0 bridgehead atoms. The van der Waals surface area contributed by atoms with Crippen LogP contribution >= 0.6 is 0 Å². The van der Waals surface area contributed by atoms with Gasteiger partial charge >= 0.3 is 0 Å². The van der Waals surface area contributed by atoms with Gasteiger partial charge in [0.25, 0.3) is 0 Å². The second-order valence-corrected chi connectivity index (χ2v) is 10.9. The first-order valence-corrected chi connectivity index (χ1v) is 12.0. The molecule has 0 radical (unpaired) electrons. The third-order valence-electron chi connectivity index (χ3n) is 9.56. The Kier molecular flexibility index (Phi) is 4.01. The van der Waals surface area contributed by atoms with Gasteiger partial charge in [-0.25, -0.2) is 0 Å². The van der Waals surface area contributed by atoms with Crippen LogP contribution in [0, 0.1) is 34.5 Å². The maximum absolute atomic E-state index is 12.6. The summed E-state index contributed by atoms with van der Waals surface area (Å²) < 4.78 is 2.46. The van der Waals surface area contributed by atoms with Gasteiger partial charge in [-0.2, -0.15) is 0 Å². The Labute approximate surface area is 180 Å². The lowest BCUT2D eigenvalue weighted by Gasteiger charge is -2.57. The van der Waals surface area contributed by atoms with E-state index in [1.165, 1.54) is 54.1 Å². The third kappa shape index (κ3) is 2.34. The molecule has 6 atom stereocenters.